The van der Waals surface area contributed by atoms with Gasteiger partial charge in [0.2, 0.25) is 10.0 Å². The second-order valence-electron chi connectivity index (χ2n) is 7.21. The van der Waals surface area contributed by atoms with Crippen molar-refractivity contribution < 1.29 is 17.6 Å². The molecular weight excluding hydrogens is 429 g/mol. The van der Waals surface area contributed by atoms with E-state index in [1.54, 1.807) is 0 Å². The van der Waals surface area contributed by atoms with Gasteiger partial charge >= 0.3 is 0 Å². The fourth-order valence-corrected chi connectivity index (χ4v) is 6.04. The summed E-state index contributed by atoms with van der Waals surface area (Å²) in [4.78, 5) is 13.6. The minimum Gasteiger partial charge on any atom is -0.397 e. The van der Waals surface area contributed by atoms with E-state index in [9.17, 15) is 17.6 Å². The predicted molar refractivity (Wildman–Crippen MR) is 112 cm³/mol. The third-order valence-electron chi connectivity index (χ3n) is 5.26. The van der Waals surface area contributed by atoms with Crippen molar-refractivity contribution in [2.75, 3.05) is 18.8 Å². The second-order valence-corrected chi connectivity index (χ2v) is 10.2. The molecule has 1 unspecified atom stereocenters. The fourth-order valence-electron chi connectivity index (χ4n) is 3.50. The van der Waals surface area contributed by atoms with Crippen LogP contribution in [-0.4, -0.2) is 48.0 Å². The highest BCUT2D eigenvalue weighted by Crippen LogP contribution is 2.35. The summed E-state index contributed by atoms with van der Waals surface area (Å²) in [6, 6.07) is 4.51. The van der Waals surface area contributed by atoms with Crippen molar-refractivity contribution in [3.63, 3.8) is 0 Å². The molecule has 30 heavy (non-hydrogen) atoms. The number of carbonyl (C=O) groups excluding carboxylic acids is 1. The number of carbonyl (C=O) groups is 1. The van der Waals surface area contributed by atoms with Gasteiger partial charge in [-0.3, -0.25) is 4.79 Å². The van der Waals surface area contributed by atoms with E-state index in [1.807, 2.05) is 13.8 Å². The van der Waals surface area contributed by atoms with Crippen molar-refractivity contribution >= 4 is 43.2 Å². The second kappa shape index (κ2) is 7.56. The molecule has 1 aliphatic rings. The molecule has 158 valence electrons. The van der Waals surface area contributed by atoms with E-state index in [4.69, 9.17) is 5.73 Å². The van der Waals surface area contributed by atoms with Gasteiger partial charge in [-0.15, -0.1) is 16.4 Å². The van der Waals surface area contributed by atoms with Gasteiger partial charge in [0, 0.05) is 24.5 Å². The van der Waals surface area contributed by atoms with Crippen LogP contribution in [-0.2, 0) is 10.0 Å². The molecule has 1 aliphatic heterocycles. The predicted octanol–water partition coefficient (Wildman–Crippen LogP) is 2.22. The van der Waals surface area contributed by atoms with Crippen LogP contribution in [0.15, 0.2) is 29.2 Å². The maximum Gasteiger partial charge on any atom is 0.263 e. The van der Waals surface area contributed by atoms with Crippen LogP contribution in [0.3, 0.4) is 0 Å². The lowest BCUT2D eigenvalue weighted by Crippen LogP contribution is -2.38. The van der Waals surface area contributed by atoms with Gasteiger partial charge in [-0.1, -0.05) is 6.07 Å². The smallest absolute Gasteiger partial charge is 0.263 e. The van der Waals surface area contributed by atoms with Crippen molar-refractivity contribution in [3.8, 4) is 0 Å². The molecule has 1 saturated heterocycles. The van der Waals surface area contributed by atoms with E-state index < -0.39 is 15.8 Å². The van der Waals surface area contributed by atoms with Crippen LogP contribution >= 0.6 is 11.3 Å². The Balaban J connectivity index is 1.51. The number of anilines is 1. The Morgan fingerprint density at radius 2 is 2.10 bits per heavy atom. The standard InChI is InChI=1S/C19H20FN5O3S2/c1-10-11(2)23-24-19-15(10)16(21)17(29-19)18(26)22-13-6-7-25(9-13)30(27,28)14-5-3-4-12(20)8-14/h3-5,8,13H,6-7,9,21H2,1-2H3,(H,22,26). The van der Waals surface area contributed by atoms with Gasteiger partial charge in [-0.05, 0) is 44.0 Å². The fraction of sp³-hybridized carbons (Fsp3) is 0.316. The molecule has 1 fully saturated rings. The molecule has 0 bridgehead atoms. The average molecular weight is 450 g/mol. The molecule has 2 aromatic heterocycles. The molecule has 3 N–H and O–H groups in total. The van der Waals surface area contributed by atoms with Crippen LogP contribution in [0.4, 0.5) is 10.1 Å². The number of nitrogens with zero attached hydrogens (tertiary/aromatic N) is 3. The first kappa shape index (κ1) is 20.6. The Labute approximate surface area is 177 Å². The number of benzene rings is 1. The van der Waals surface area contributed by atoms with Crippen molar-refractivity contribution in [3.05, 3.63) is 46.2 Å². The maximum absolute atomic E-state index is 13.4. The summed E-state index contributed by atoms with van der Waals surface area (Å²) < 4.78 is 40.2. The quantitative estimate of drug-likeness (QED) is 0.631. The molecule has 4 rings (SSSR count). The molecule has 0 saturated carbocycles. The largest absolute Gasteiger partial charge is 0.397 e. The first-order valence-corrected chi connectivity index (χ1v) is 11.5. The minimum atomic E-state index is -3.83. The zero-order valence-corrected chi connectivity index (χ0v) is 18.0. The molecule has 3 heterocycles. The molecule has 11 heteroatoms. The third kappa shape index (κ3) is 3.53. The number of thiophene rings is 1. The Bertz CT molecular complexity index is 1260. The lowest BCUT2D eigenvalue weighted by Gasteiger charge is -2.17. The molecule has 3 aromatic rings. The summed E-state index contributed by atoms with van der Waals surface area (Å²) in [5.41, 5.74) is 8.18. The van der Waals surface area contributed by atoms with E-state index in [0.29, 0.717) is 21.8 Å². The highest BCUT2D eigenvalue weighted by molar-refractivity contribution is 7.89. The first-order chi connectivity index (χ1) is 14.2. The van der Waals surface area contributed by atoms with Crippen LogP contribution < -0.4 is 11.1 Å². The van der Waals surface area contributed by atoms with E-state index in [-0.39, 0.29) is 29.9 Å². The van der Waals surface area contributed by atoms with Gasteiger partial charge in [0.15, 0.2) is 0 Å². The number of aromatic nitrogens is 2. The van der Waals surface area contributed by atoms with Crippen LogP contribution in [0, 0.1) is 19.7 Å². The number of sulfonamides is 1. The third-order valence-corrected chi connectivity index (χ3v) is 8.21. The monoisotopic (exact) mass is 449 g/mol. The van der Waals surface area contributed by atoms with Crippen molar-refractivity contribution in [2.24, 2.45) is 0 Å². The number of fused-ring (bicyclic) bond motifs is 1. The molecule has 1 atom stereocenters. The normalized spacial score (nSPS) is 17.5. The van der Waals surface area contributed by atoms with E-state index in [1.165, 1.54) is 22.5 Å². The lowest BCUT2D eigenvalue weighted by atomic mass is 10.1. The number of rotatable bonds is 4. The number of halogens is 1. The highest BCUT2D eigenvalue weighted by atomic mass is 32.2. The molecule has 0 aliphatic carbocycles. The van der Waals surface area contributed by atoms with Gasteiger partial charge in [-0.2, -0.15) is 9.40 Å². The zero-order chi connectivity index (χ0) is 21.6. The molecule has 8 nitrogen and oxygen atoms in total. The summed E-state index contributed by atoms with van der Waals surface area (Å²) >= 11 is 1.16. The minimum absolute atomic E-state index is 0.104. The van der Waals surface area contributed by atoms with Crippen molar-refractivity contribution in [1.29, 1.82) is 0 Å². The summed E-state index contributed by atoms with van der Waals surface area (Å²) in [7, 11) is -3.83. The summed E-state index contributed by atoms with van der Waals surface area (Å²) in [6.07, 6.45) is 0.447. The summed E-state index contributed by atoms with van der Waals surface area (Å²) in [5, 5.41) is 11.8. The number of aryl methyl sites for hydroxylation is 2. The Morgan fingerprint density at radius 1 is 1.33 bits per heavy atom. The first-order valence-electron chi connectivity index (χ1n) is 9.27. The van der Waals surface area contributed by atoms with Gasteiger partial charge in [-0.25, -0.2) is 12.8 Å². The Kier molecular flexibility index (Phi) is 5.20. The van der Waals surface area contributed by atoms with Crippen LogP contribution in [0.2, 0.25) is 0 Å². The van der Waals surface area contributed by atoms with Crippen molar-refractivity contribution in [1.82, 2.24) is 19.8 Å². The number of nitrogens with two attached hydrogens (primary N) is 1. The zero-order valence-electron chi connectivity index (χ0n) is 16.3. The molecule has 1 aromatic carbocycles. The van der Waals surface area contributed by atoms with Gasteiger partial charge in [0.1, 0.15) is 15.5 Å². The Morgan fingerprint density at radius 3 is 2.83 bits per heavy atom. The molecular formula is C19H20FN5O3S2. The van der Waals surface area contributed by atoms with Gasteiger partial charge in [0.25, 0.3) is 5.91 Å². The van der Waals surface area contributed by atoms with E-state index >= 15 is 0 Å². The number of amides is 1. The van der Waals surface area contributed by atoms with Crippen molar-refractivity contribution in [2.45, 2.75) is 31.2 Å². The SMILES string of the molecule is Cc1nnc2sc(C(=O)NC3CCN(S(=O)(=O)c4cccc(F)c4)C3)c(N)c2c1C. The molecule has 0 spiro atoms. The van der Waals surface area contributed by atoms with E-state index in [0.717, 1.165) is 34.0 Å². The van der Waals surface area contributed by atoms with Gasteiger partial charge < -0.3 is 11.1 Å². The number of hydrogen-bond acceptors (Lipinski definition) is 7. The number of nitrogen functional groups attached to an aromatic ring is 1. The Hall–Kier alpha value is -2.63. The van der Waals surface area contributed by atoms with Crippen LogP contribution in [0.25, 0.3) is 10.2 Å². The molecule has 1 amide bonds. The number of nitrogens with one attached hydrogen (secondary N) is 1. The van der Waals surface area contributed by atoms with Crippen LogP contribution in [0.5, 0.6) is 0 Å². The van der Waals surface area contributed by atoms with Crippen LogP contribution in [0.1, 0.15) is 27.3 Å². The van der Waals surface area contributed by atoms with E-state index in [2.05, 4.69) is 15.5 Å². The average Bonchev–Trinajstić information content (AvgIpc) is 3.30. The summed E-state index contributed by atoms with van der Waals surface area (Å²) in [5.74, 6) is -0.989. The summed E-state index contributed by atoms with van der Waals surface area (Å²) in [6.45, 7) is 4.04. The van der Waals surface area contributed by atoms with Gasteiger partial charge in [0.05, 0.1) is 16.3 Å². The number of hydrogen-bond donors (Lipinski definition) is 2. The lowest BCUT2D eigenvalue weighted by molar-refractivity contribution is 0.0944. The maximum atomic E-state index is 13.4. The highest BCUT2D eigenvalue weighted by Gasteiger charge is 2.34. The topological polar surface area (TPSA) is 118 Å². The molecule has 0 radical (unpaired) electrons.